The van der Waals surface area contributed by atoms with E-state index >= 15 is 0 Å². The van der Waals surface area contributed by atoms with E-state index in [0.29, 0.717) is 6.54 Å². The normalized spacial score (nSPS) is 12.1. The van der Waals surface area contributed by atoms with Gasteiger partial charge in [0.1, 0.15) is 23.1 Å². The van der Waals surface area contributed by atoms with Gasteiger partial charge in [-0.3, -0.25) is 0 Å². The lowest BCUT2D eigenvalue weighted by Crippen LogP contribution is -2.23. The predicted octanol–water partition coefficient (Wildman–Crippen LogP) is 3.58. The van der Waals surface area contributed by atoms with Gasteiger partial charge in [0.25, 0.3) is 0 Å². The largest absolute Gasteiger partial charge is 0.493 e. The number of thiophene rings is 1. The molecule has 0 bridgehead atoms. The number of nitrogens with zero attached hydrogens (tertiary/aromatic N) is 2. The summed E-state index contributed by atoms with van der Waals surface area (Å²) in [5.74, 6) is 2.31. The van der Waals surface area contributed by atoms with Crippen molar-refractivity contribution in [3.05, 3.63) is 42.0 Å². The summed E-state index contributed by atoms with van der Waals surface area (Å²) < 4.78 is 11.2. The van der Waals surface area contributed by atoms with Crippen molar-refractivity contribution in [3.8, 4) is 11.5 Å². The summed E-state index contributed by atoms with van der Waals surface area (Å²) >= 11 is 1.60. The molecule has 1 N–H and O–H groups in total. The van der Waals surface area contributed by atoms with Gasteiger partial charge in [-0.1, -0.05) is 12.1 Å². The van der Waals surface area contributed by atoms with Gasteiger partial charge in [-0.2, -0.15) is 0 Å². The first-order valence-corrected chi connectivity index (χ1v) is 7.87. The Bertz CT molecular complexity index is 760. The van der Waals surface area contributed by atoms with Crippen molar-refractivity contribution < 1.29 is 9.47 Å². The second-order valence-electron chi connectivity index (χ2n) is 4.82. The Hall–Kier alpha value is -2.34. The smallest absolute Gasteiger partial charge is 0.161 e. The van der Waals surface area contributed by atoms with Crippen LogP contribution in [0.4, 0.5) is 5.82 Å². The first kappa shape index (κ1) is 14.6. The molecule has 0 spiro atoms. The molecule has 0 aliphatic carbocycles. The van der Waals surface area contributed by atoms with Gasteiger partial charge in [0, 0.05) is 0 Å². The van der Waals surface area contributed by atoms with Crippen molar-refractivity contribution >= 4 is 27.4 Å². The topological polar surface area (TPSA) is 56.3 Å². The molecule has 1 atom stereocenters. The molecule has 0 saturated heterocycles. The first-order valence-electron chi connectivity index (χ1n) is 6.99. The third-order valence-electron chi connectivity index (χ3n) is 3.22. The molecule has 0 radical (unpaired) electrons. The van der Waals surface area contributed by atoms with Crippen LogP contribution in [0.25, 0.3) is 10.2 Å². The fourth-order valence-corrected chi connectivity index (χ4v) is 2.88. The van der Waals surface area contributed by atoms with Crippen LogP contribution >= 0.6 is 11.3 Å². The molecule has 3 rings (SSSR count). The minimum atomic E-state index is -0.0278. The van der Waals surface area contributed by atoms with E-state index in [-0.39, 0.29) is 6.10 Å². The molecule has 5 nitrogen and oxygen atoms in total. The Morgan fingerprint density at radius 3 is 2.82 bits per heavy atom. The van der Waals surface area contributed by atoms with E-state index in [0.717, 1.165) is 27.5 Å². The highest BCUT2D eigenvalue weighted by Gasteiger charge is 2.10. The number of ether oxygens (including phenoxy) is 2. The minimum Gasteiger partial charge on any atom is -0.493 e. The summed E-state index contributed by atoms with van der Waals surface area (Å²) in [5.41, 5.74) is 0. The summed E-state index contributed by atoms with van der Waals surface area (Å²) in [7, 11) is 1.64. The number of hydrogen-bond acceptors (Lipinski definition) is 6. The molecule has 114 valence electrons. The summed E-state index contributed by atoms with van der Waals surface area (Å²) in [4.78, 5) is 9.52. The van der Waals surface area contributed by atoms with Crippen molar-refractivity contribution in [2.24, 2.45) is 0 Å². The SMILES string of the molecule is COc1ccccc1OC(C)CNc1ncnc2sccc12. The third-order valence-corrected chi connectivity index (χ3v) is 4.04. The molecule has 0 amide bonds. The predicted molar refractivity (Wildman–Crippen MR) is 89.0 cm³/mol. The number of aromatic nitrogens is 2. The van der Waals surface area contributed by atoms with E-state index < -0.39 is 0 Å². The van der Waals surface area contributed by atoms with Crippen LogP contribution < -0.4 is 14.8 Å². The molecule has 0 aliphatic heterocycles. The number of hydrogen-bond donors (Lipinski definition) is 1. The van der Waals surface area contributed by atoms with Crippen molar-refractivity contribution in [1.29, 1.82) is 0 Å². The molecule has 0 aliphatic rings. The van der Waals surface area contributed by atoms with E-state index in [2.05, 4.69) is 15.3 Å². The highest BCUT2D eigenvalue weighted by atomic mass is 32.1. The maximum atomic E-state index is 5.92. The summed E-state index contributed by atoms with van der Waals surface area (Å²) in [5, 5.41) is 6.37. The fourth-order valence-electron chi connectivity index (χ4n) is 2.15. The number of rotatable bonds is 6. The average molecular weight is 315 g/mol. The molecular weight excluding hydrogens is 298 g/mol. The molecule has 2 aromatic heterocycles. The van der Waals surface area contributed by atoms with E-state index in [9.17, 15) is 0 Å². The summed E-state index contributed by atoms with van der Waals surface area (Å²) in [6.45, 7) is 2.64. The van der Waals surface area contributed by atoms with Gasteiger partial charge in [-0.05, 0) is 30.5 Å². The second kappa shape index (κ2) is 6.62. The Balaban J connectivity index is 1.65. The lowest BCUT2D eigenvalue weighted by molar-refractivity contribution is 0.223. The number of benzene rings is 1. The third kappa shape index (κ3) is 3.12. The average Bonchev–Trinajstić information content (AvgIpc) is 3.02. The number of nitrogens with one attached hydrogen (secondary N) is 1. The lowest BCUT2D eigenvalue weighted by Gasteiger charge is -2.17. The van der Waals surface area contributed by atoms with Crippen molar-refractivity contribution in [3.63, 3.8) is 0 Å². The van der Waals surface area contributed by atoms with E-state index in [1.165, 1.54) is 0 Å². The molecule has 2 heterocycles. The molecule has 6 heteroatoms. The number of fused-ring (bicyclic) bond motifs is 1. The Kier molecular flexibility index (Phi) is 4.39. The monoisotopic (exact) mass is 315 g/mol. The van der Waals surface area contributed by atoms with Crippen LogP contribution in [-0.2, 0) is 0 Å². The zero-order valence-electron chi connectivity index (χ0n) is 12.4. The molecule has 3 aromatic rings. The van der Waals surface area contributed by atoms with Crippen LogP contribution in [0.2, 0.25) is 0 Å². The van der Waals surface area contributed by atoms with Crippen molar-refractivity contribution in [2.75, 3.05) is 19.0 Å². The number of methoxy groups -OCH3 is 1. The summed E-state index contributed by atoms with van der Waals surface area (Å²) in [6, 6.07) is 9.65. The van der Waals surface area contributed by atoms with Gasteiger partial charge in [0.05, 0.1) is 19.0 Å². The minimum absolute atomic E-state index is 0.0278. The first-order chi connectivity index (χ1) is 10.8. The van der Waals surface area contributed by atoms with Crippen LogP contribution in [0.15, 0.2) is 42.0 Å². The molecule has 1 unspecified atom stereocenters. The van der Waals surface area contributed by atoms with Gasteiger partial charge < -0.3 is 14.8 Å². The van der Waals surface area contributed by atoms with E-state index in [1.807, 2.05) is 42.6 Å². The van der Waals surface area contributed by atoms with Gasteiger partial charge >= 0.3 is 0 Å². The van der Waals surface area contributed by atoms with Crippen LogP contribution in [0.3, 0.4) is 0 Å². The number of anilines is 1. The highest BCUT2D eigenvalue weighted by molar-refractivity contribution is 7.16. The quantitative estimate of drug-likeness (QED) is 0.753. The highest BCUT2D eigenvalue weighted by Crippen LogP contribution is 2.27. The van der Waals surface area contributed by atoms with E-state index in [1.54, 1.807) is 24.8 Å². The van der Waals surface area contributed by atoms with Gasteiger partial charge in [-0.15, -0.1) is 11.3 Å². The maximum Gasteiger partial charge on any atom is 0.161 e. The Labute approximate surface area is 132 Å². The Morgan fingerprint density at radius 2 is 2.00 bits per heavy atom. The zero-order chi connectivity index (χ0) is 15.4. The van der Waals surface area contributed by atoms with Crippen LogP contribution in [-0.4, -0.2) is 29.7 Å². The molecule has 0 fully saturated rings. The lowest BCUT2D eigenvalue weighted by atomic mass is 10.3. The van der Waals surface area contributed by atoms with Gasteiger partial charge in [0.15, 0.2) is 11.5 Å². The molecular formula is C16H17N3O2S. The zero-order valence-corrected chi connectivity index (χ0v) is 13.3. The molecule has 1 aromatic carbocycles. The standard InChI is InChI=1S/C16H17N3O2S/c1-11(21-14-6-4-3-5-13(14)20-2)9-17-15-12-7-8-22-16(12)19-10-18-15/h3-8,10-11H,9H2,1-2H3,(H,17,18,19). The van der Waals surface area contributed by atoms with Gasteiger partial charge in [0.2, 0.25) is 0 Å². The fraction of sp³-hybridized carbons (Fsp3) is 0.250. The van der Waals surface area contributed by atoms with Gasteiger partial charge in [-0.25, -0.2) is 9.97 Å². The maximum absolute atomic E-state index is 5.92. The molecule has 0 saturated carbocycles. The van der Waals surface area contributed by atoms with Crippen LogP contribution in [0.1, 0.15) is 6.92 Å². The van der Waals surface area contributed by atoms with Crippen molar-refractivity contribution in [2.45, 2.75) is 13.0 Å². The van der Waals surface area contributed by atoms with E-state index in [4.69, 9.17) is 9.47 Å². The van der Waals surface area contributed by atoms with Crippen LogP contribution in [0, 0.1) is 0 Å². The van der Waals surface area contributed by atoms with Crippen molar-refractivity contribution in [1.82, 2.24) is 9.97 Å². The molecule has 22 heavy (non-hydrogen) atoms. The number of para-hydroxylation sites is 2. The Morgan fingerprint density at radius 1 is 1.18 bits per heavy atom. The second-order valence-corrected chi connectivity index (χ2v) is 5.72. The van der Waals surface area contributed by atoms with Crippen LogP contribution in [0.5, 0.6) is 11.5 Å². The summed E-state index contributed by atoms with van der Waals surface area (Å²) in [6.07, 6.45) is 1.55.